The first-order valence-corrected chi connectivity index (χ1v) is 9.70. The molecule has 1 heterocycles. The number of methoxy groups -OCH3 is 3. The lowest BCUT2D eigenvalue weighted by molar-refractivity contribution is -0.130. The molecule has 3 amide bonds. The zero-order valence-corrected chi connectivity index (χ0v) is 20.2. The number of nitrogens with one attached hydrogen (secondary N) is 2. The van der Waals surface area contributed by atoms with E-state index >= 15 is 0 Å². The number of carbonyl (C=O) groups is 3. The summed E-state index contributed by atoms with van der Waals surface area (Å²) >= 11 is 0. The molecule has 0 aromatic rings. The lowest BCUT2D eigenvalue weighted by atomic mass is 9.99. The van der Waals surface area contributed by atoms with Crippen LogP contribution in [0.5, 0.6) is 0 Å². The number of carbonyl (C=O) groups excluding carboxylic acids is 3. The van der Waals surface area contributed by atoms with Crippen molar-refractivity contribution < 1.29 is 28.6 Å². The fraction of sp³-hybridized carbons (Fsp3) is 0.870. The third-order valence-electron chi connectivity index (χ3n) is 3.38. The first kappa shape index (κ1) is 47.8. The van der Waals surface area contributed by atoms with E-state index in [1.807, 2.05) is 4.90 Å². The number of hydrogen-bond acceptors (Lipinski definition) is 6. The van der Waals surface area contributed by atoms with Crippen LogP contribution in [0.3, 0.4) is 0 Å². The van der Waals surface area contributed by atoms with E-state index in [1.165, 1.54) is 33.9 Å². The molecule has 0 atom stereocenters. The predicted octanol–water partition coefficient (Wildman–Crippen LogP) is 4.20. The van der Waals surface area contributed by atoms with Crippen LogP contribution < -0.4 is 10.6 Å². The molecule has 0 aromatic carbocycles. The van der Waals surface area contributed by atoms with Gasteiger partial charge in [-0.05, 0) is 25.2 Å². The highest BCUT2D eigenvalue weighted by Gasteiger charge is 2.16. The molecular formula is C23H57N3O6. The Balaban J connectivity index is -0.0000000506. The molecule has 1 aliphatic rings. The number of hydrogen-bond donors (Lipinski definition) is 2. The van der Waals surface area contributed by atoms with Crippen molar-refractivity contribution >= 4 is 17.9 Å². The maximum atomic E-state index is 10.8. The minimum Gasteiger partial charge on any atom is -0.453 e. The normalized spacial score (nSPS) is 10.9. The first-order valence-electron chi connectivity index (χ1n) is 9.70. The molecule has 9 heteroatoms. The fourth-order valence-corrected chi connectivity index (χ4v) is 1.63. The Morgan fingerprint density at radius 3 is 1.41 bits per heavy atom. The Hall–Kier alpha value is -1.87. The van der Waals surface area contributed by atoms with E-state index in [0.717, 1.165) is 32.0 Å². The average Bonchev–Trinajstić information content (AvgIpc) is 2.70. The molecule has 0 aliphatic carbocycles. The van der Waals surface area contributed by atoms with Crippen LogP contribution in [-0.4, -0.2) is 85.0 Å². The number of amides is 3. The van der Waals surface area contributed by atoms with E-state index < -0.39 is 6.09 Å². The molecule has 1 saturated heterocycles. The van der Waals surface area contributed by atoms with Gasteiger partial charge in [0.1, 0.15) is 0 Å². The molecule has 1 fully saturated rings. The Morgan fingerprint density at radius 2 is 1.28 bits per heavy atom. The van der Waals surface area contributed by atoms with Gasteiger partial charge in [0, 0.05) is 69.0 Å². The number of alkyl carbamates (subject to hydrolysis) is 1. The van der Waals surface area contributed by atoms with Gasteiger partial charge in [-0.3, -0.25) is 9.59 Å². The summed E-state index contributed by atoms with van der Waals surface area (Å²) in [4.78, 5) is 32.3. The largest absolute Gasteiger partial charge is 0.453 e. The number of piperidine rings is 1. The minimum atomic E-state index is -0.407. The maximum Gasteiger partial charge on any atom is 0.406 e. The third kappa shape index (κ3) is 51.1. The van der Waals surface area contributed by atoms with Crippen LogP contribution in [0.25, 0.3) is 0 Å². The molecule has 0 radical (unpaired) electrons. The van der Waals surface area contributed by atoms with Crippen LogP contribution in [0.15, 0.2) is 0 Å². The zero-order valence-electron chi connectivity index (χ0n) is 20.2. The van der Waals surface area contributed by atoms with Crippen molar-refractivity contribution in [1.82, 2.24) is 15.5 Å². The van der Waals surface area contributed by atoms with Crippen molar-refractivity contribution in [3.8, 4) is 0 Å². The Morgan fingerprint density at radius 1 is 0.906 bits per heavy atom. The maximum absolute atomic E-state index is 10.8. The number of rotatable bonds is 2. The van der Waals surface area contributed by atoms with Crippen LogP contribution in [0.1, 0.15) is 69.2 Å². The van der Waals surface area contributed by atoms with Crippen molar-refractivity contribution in [1.29, 1.82) is 0 Å². The van der Waals surface area contributed by atoms with E-state index in [1.54, 1.807) is 35.3 Å². The van der Waals surface area contributed by atoms with E-state index in [4.69, 9.17) is 4.74 Å². The number of nitrogens with zero attached hydrogens (tertiary/aromatic N) is 1. The lowest BCUT2D eigenvalue weighted by Gasteiger charge is -2.29. The van der Waals surface area contributed by atoms with E-state index in [-0.39, 0.29) is 34.1 Å². The SMILES string of the molecule is C.C.C.CC(=O)N1CCC(C)CC1.CCCOC.CNC(=O)OC.CNC(C)=O.COC. The molecule has 0 unspecified atom stereocenters. The first-order chi connectivity index (χ1) is 13.6. The highest BCUT2D eigenvalue weighted by molar-refractivity contribution is 5.73. The van der Waals surface area contributed by atoms with Gasteiger partial charge in [0.05, 0.1) is 7.11 Å². The van der Waals surface area contributed by atoms with Crippen molar-refractivity contribution in [2.75, 3.05) is 62.2 Å². The highest BCUT2D eigenvalue weighted by atomic mass is 16.5. The molecule has 0 spiro atoms. The summed E-state index contributed by atoms with van der Waals surface area (Å²) in [6, 6.07) is 0. The summed E-state index contributed by atoms with van der Waals surface area (Å²) in [5, 5.41) is 4.64. The summed E-state index contributed by atoms with van der Waals surface area (Å²) in [6.07, 6.45) is 3.07. The van der Waals surface area contributed by atoms with Crippen LogP contribution in [0.4, 0.5) is 4.79 Å². The monoisotopic (exact) mass is 471 g/mol. The van der Waals surface area contributed by atoms with Crippen molar-refractivity contribution in [2.24, 2.45) is 5.92 Å². The zero-order chi connectivity index (χ0) is 23.7. The van der Waals surface area contributed by atoms with Gasteiger partial charge in [-0.2, -0.15) is 0 Å². The van der Waals surface area contributed by atoms with E-state index in [2.05, 4.69) is 34.0 Å². The summed E-state index contributed by atoms with van der Waals surface area (Å²) in [5.74, 6) is 1.05. The Labute approximate surface area is 199 Å². The average molecular weight is 472 g/mol. The van der Waals surface area contributed by atoms with Gasteiger partial charge in [0.2, 0.25) is 11.8 Å². The van der Waals surface area contributed by atoms with Crippen molar-refractivity contribution in [2.45, 2.75) is 69.2 Å². The van der Waals surface area contributed by atoms with Gasteiger partial charge < -0.3 is 29.7 Å². The second-order valence-corrected chi connectivity index (χ2v) is 6.14. The Kier molecular flexibility index (Phi) is 59.1. The fourth-order valence-electron chi connectivity index (χ4n) is 1.63. The van der Waals surface area contributed by atoms with Crippen LogP contribution in [0.2, 0.25) is 0 Å². The molecule has 200 valence electrons. The van der Waals surface area contributed by atoms with Gasteiger partial charge in [-0.15, -0.1) is 0 Å². The third-order valence-corrected chi connectivity index (χ3v) is 3.38. The quantitative estimate of drug-likeness (QED) is 0.625. The molecule has 32 heavy (non-hydrogen) atoms. The molecule has 0 aromatic heterocycles. The van der Waals surface area contributed by atoms with Gasteiger partial charge >= 0.3 is 6.09 Å². The lowest BCUT2D eigenvalue weighted by Crippen LogP contribution is -2.36. The smallest absolute Gasteiger partial charge is 0.406 e. The van der Waals surface area contributed by atoms with Crippen LogP contribution >= 0.6 is 0 Å². The topological polar surface area (TPSA) is 106 Å². The summed E-state index contributed by atoms with van der Waals surface area (Å²) in [6.45, 7) is 10.3. The second kappa shape index (κ2) is 39.6. The van der Waals surface area contributed by atoms with Gasteiger partial charge in [0.25, 0.3) is 0 Å². The highest BCUT2D eigenvalue weighted by Crippen LogP contribution is 2.15. The standard InChI is InChI=1S/C8H15NO.C4H10O.C3H7NO2.C3H7NO.C2H6O.3CH4/c1-7-3-5-9(6-4-7)8(2)10;1-3-4-5-2;1-4-3(5)6-2;1-3(5)4-2;1-3-2;;;/h7H,3-6H2,1-2H3;3-4H2,1-2H3;1-2H3,(H,4,5);1-2H3,(H,4,5);1-2H3;3*1H4. The molecule has 2 N–H and O–H groups in total. The summed E-state index contributed by atoms with van der Waals surface area (Å²) in [5.41, 5.74) is 0. The number of likely N-dealkylation sites (tertiary alicyclic amines) is 1. The molecule has 0 bridgehead atoms. The van der Waals surface area contributed by atoms with Crippen molar-refractivity contribution in [3.05, 3.63) is 0 Å². The summed E-state index contributed by atoms with van der Waals surface area (Å²) in [7, 11) is 9.39. The van der Waals surface area contributed by atoms with Crippen LogP contribution in [-0.2, 0) is 23.8 Å². The molecule has 9 nitrogen and oxygen atoms in total. The van der Waals surface area contributed by atoms with Crippen LogP contribution in [0, 0.1) is 5.92 Å². The number of ether oxygens (including phenoxy) is 3. The predicted molar refractivity (Wildman–Crippen MR) is 137 cm³/mol. The molecule has 1 aliphatic heterocycles. The van der Waals surface area contributed by atoms with Gasteiger partial charge in [-0.1, -0.05) is 36.1 Å². The minimum absolute atomic E-state index is 0. The molecular weight excluding hydrogens is 414 g/mol. The van der Waals surface area contributed by atoms with Gasteiger partial charge in [-0.25, -0.2) is 4.79 Å². The van der Waals surface area contributed by atoms with E-state index in [9.17, 15) is 14.4 Å². The second-order valence-electron chi connectivity index (χ2n) is 6.14. The summed E-state index contributed by atoms with van der Waals surface area (Å²) < 4.78 is 13.1. The van der Waals surface area contributed by atoms with Gasteiger partial charge in [0.15, 0.2) is 0 Å². The van der Waals surface area contributed by atoms with E-state index in [0.29, 0.717) is 0 Å². The molecule has 1 rings (SSSR count). The molecule has 0 saturated carbocycles. The Bertz CT molecular complexity index is 367. The van der Waals surface area contributed by atoms with Crippen molar-refractivity contribution in [3.63, 3.8) is 0 Å².